The minimum absolute atomic E-state index is 0.149. The number of anilines is 3. The van der Waals surface area contributed by atoms with Crippen LogP contribution in [0.1, 0.15) is 61.5 Å². The second-order valence-electron chi connectivity index (χ2n) is 10.6. The molecular formula is C26H34F2N6O2S. The van der Waals surface area contributed by atoms with Gasteiger partial charge in [-0.25, -0.2) is 22.8 Å². The topological polar surface area (TPSA) is 102 Å². The van der Waals surface area contributed by atoms with Crippen LogP contribution in [0.3, 0.4) is 0 Å². The largest absolute Gasteiger partial charge is 0.371 e. The quantitative estimate of drug-likeness (QED) is 0.538. The predicted octanol–water partition coefficient (Wildman–Crippen LogP) is 5.08. The summed E-state index contributed by atoms with van der Waals surface area (Å²) in [7, 11) is -2.94. The molecule has 0 radical (unpaired) electrons. The number of benzene rings is 1. The van der Waals surface area contributed by atoms with Crippen molar-refractivity contribution in [3.05, 3.63) is 35.5 Å². The summed E-state index contributed by atoms with van der Waals surface area (Å²) in [5.74, 6) is -2.21. The number of piperidine rings is 2. The van der Waals surface area contributed by atoms with Gasteiger partial charge in [-0.3, -0.25) is 4.79 Å². The van der Waals surface area contributed by atoms with E-state index in [1.807, 2.05) is 0 Å². The zero-order valence-corrected chi connectivity index (χ0v) is 22.2. The zero-order valence-electron chi connectivity index (χ0n) is 21.4. The average Bonchev–Trinajstić information content (AvgIpc) is 3.62. The van der Waals surface area contributed by atoms with Crippen molar-refractivity contribution in [2.45, 2.75) is 63.2 Å². The Kier molecular flexibility index (Phi) is 6.62. The zero-order chi connectivity index (χ0) is 26.4. The van der Waals surface area contributed by atoms with Gasteiger partial charge in [0.1, 0.15) is 5.82 Å². The highest BCUT2D eigenvalue weighted by Crippen LogP contribution is 2.54. The van der Waals surface area contributed by atoms with Crippen LogP contribution >= 0.6 is 0 Å². The summed E-state index contributed by atoms with van der Waals surface area (Å²) in [6.07, 6.45) is 4.13. The number of aryl methyl sites for hydroxylation is 1. The van der Waals surface area contributed by atoms with Crippen LogP contribution in [0, 0.1) is 17.1 Å². The van der Waals surface area contributed by atoms with Crippen molar-refractivity contribution in [3.63, 3.8) is 0 Å². The van der Waals surface area contributed by atoms with Gasteiger partial charge in [-0.05, 0) is 56.2 Å². The molecule has 1 spiro atoms. The van der Waals surface area contributed by atoms with Crippen LogP contribution in [0.4, 0.5) is 26.2 Å². The molecule has 1 saturated carbocycles. The molecule has 2 aliphatic heterocycles. The molecule has 1 aromatic carbocycles. The molecule has 8 nitrogen and oxygen atoms in total. The van der Waals surface area contributed by atoms with Crippen LogP contribution in [0.25, 0.3) is 0 Å². The number of carbonyl (C=O) groups excluding carboxylic acids is 1. The Bertz CT molecular complexity index is 1290. The number of halogens is 2. The fourth-order valence-corrected chi connectivity index (χ4v) is 6.13. The first-order chi connectivity index (χ1) is 17.5. The van der Waals surface area contributed by atoms with Crippen molar-refractivity contribution in [1.29, 1.82) is 4.78 Å². The molecule has 3 aliphatic rings. The lowest BCUT2D eigenvalue weighted by molar-refractivity contribution is -0.0222. The summed E-state index contributed by atoms with van der Waals surface area (Å²) in [6.45, 7) is 5.42. The van der Waals surface area contributed by atoms with E-state index in [4.69, 9.17) is 4.78 Å². The third-order valence-corrected chi connectivity index (χ3v) is 9.81. The third kappa shape index (κ3) is 5.56. The number of nitrogens with one attached hydrogen (secondary N) is 2. The molecule has 37 heavy (non-hydrogen) atoms. The lowest BCUT2D eigenvalue weighted by Crippen LogP contribution is -2.40. The first kappa shape index (κ1) is 25.8. The molecule has 11 heteroatoms. The Labute approximate surface area is 216 Å². The Hall–Kier alpha value is -2.82. The second kappa shape index (κ2) is 9.49. The number of rotatable bonds is 6. The van der Waals surface area contributed by atoms with E-state index in [1.165, 1.54) is 12.8 Å². The van der Waals surface area contributed by atoms with E-state index in [0.717, 1.165) is 25.9 Å². The molecule has 1 aliphatic carbocycles. The van der Waals surface area contributed by atoms with Crippen molar-refractivity contribution < 1.29 is 17.8 Å². The highest BCUT2D eigenvalue weighted by Gasteiger charge is 2.44. The molecule has 2 N–H and O–H groups in total. The van der Waals surface area contributed by atoms with E-state index in [9.17, 15) is 17.8 Å². The lowest BCUT2D eigenvalue weighted by Gasteiger charge is -2.35. The molecule has 1 atom stereocenters. The Morgan fingerprint density at radius 1 is 1.03 bits per heavy atom. The van der Waals surface area contributed by atoms with Gasteiger partial charge in [-0.15, -0.1) is 0 Å². The Morgan fingerprint density at radius 2 is 1.68 bits per heavy atom. The normalized spacial score (nSPS) is 21.9. The maximum atomic E-state index is 13.6. The van der Waals surface area contributed by atoms with Crippen LogP contribution in [0.2, 0.25) is 0 Å². The van der Waals surface area contributed by atoms with Gasteiger partial charge in [0.15, 0.2) is 0 Å². The molecule has 1 unspecified atom stereocenters. The van der Waals surface area contributed by atoms with Gasteiger partial charge in [-0.2, -0.15) is 4.98 Å². The van der Waals surface area contributed by atoms with E-state index in [-0.39, 0.29) is 37.6 Å². The van der Waals surface area contributed by atoms with Crippen molar-refractivity contribution in [1.82, 2.24) is 9.97 Å². The highest BCUT2D eigenvalue weighted by atomic mass is 32.2. The summed E-state index contributed by atoms with van der Waals surface area (Å²) < 4.78 is 48.3. The number of amides is 1. The molecule has 3 fully saturated rings. The molecule has 2 aromatic rings. The standard InChI is InChI=1S/C26H34F2N6O2S/c1-3-37(29,36)19-4-5-20(21(17-19)33-12-8-25(6-7-25)9-13-33)23(35)31-22-16-18(2)30-24(32-22)34-14-10-26(27,28)11-15-34/h4-5,16-17,29H,3,6-15H2,1-2H3,(H,30,31,32,35). The molecule has 2 saturated heterocycles. The molecule has 0 bridgehead atoms. The van der Waals surface area contributed by atoms with Crippen molar-refractivity contribution in [3.8, 4) is 0 Å². The molecular weight excluding hydrogens is 498 g/mol. The van der Waals surface area contributed by atoms with E-state index in [2.05, 4.69) is 20.2 Å². The number of alkyl halides is 2. The SMILES string of the molecule is CCS(=N)(=O)c1ccc(C(=O)Nc2cc(C)nc(N3CCC(F)(F)CC3)n2)c(N2CCC3(CC2)CC3)c1. The van der Waals surface area contributed by atoms with E-state index in [1.54, 1.807) is 43.0 Å². The minimum Gasteiger partial charge on any atom is -0.371 e. The summed E-state index contributed by atoms with van der Waals surface area (Å²) in [5.41, 5.74) is 2.19. The van der Waals surface area contributed by atoms with Crippen molar-refractivity contribution in [2.75, 3.05) is 47.0 Å². The van der Waals surface area contributed by atoms with Crippen LogP contribution in [0.5, 0.6) is 0 Å². The van der Waals surface area contributed by atoms with Gasteiger partial charge in [0.25, 0.3) is 11.8 Å². The predicted molar refractivity (Wildman–Crippen MR) is 140 cm³/mol. The number of aromatic nitrogens is 2. The number of carbonyl (C=O) groups is 1. The smallest absolute Gasteiger partial charge is 0.258 e. The lowest BCUT2D eigenvalue weighted by atomic mass is 9.93. The number of nitrogens with zero attached hydrogens (tertiary/aromatic N) is 4. The highest BCUT2D eigenvalue weighted by molar-refractivity contribution is 7.92. The van der Waals surface area contributed by atoms with Gasteiger partial charge in [-0.1, -0.05) is 6.92 Å². The first-order valence-corrected chi connectivity index (χ1v) is 14.7. The fraction of sp³-hybridized carbons (Fsp3) is 0.577. The van der Waals surface area contributed by atoms with Crippen molar-refractivity contribution >= 4 is 33.1 Å². The molecule has 3 heterocycles. The fourth-order valence-electron chi connectivity index (χ4n) is 5.21. The van der Waals surface area contributed by atoms with Crippen molar-refractivity contribution in [2.24, 2.45) is 5.41 Å². The number of hydrogen-bond donors (Lipinski definition) is 2. The average molecular weight is 533 g/mol. The summed E-state index contributed by atoms with van der Waals surface area (Å²) in [6, 6.07) is 6.64. The molecule has 1 aromatic heterocycles. The number of hydrogen-bond acceptors (Lipinski definition) is 7. The Morgan fingerprint density at radius 3 is 2.30 bits per heavy atom. The maximum absolute atomic E-state index is 13.6. The maximum Gasteiger partial charge on any atom is 0.258 e. The van der Waals surface area contributed by atoms with Crippen LogP contribution < -0.4 is 15.1 Å². The summed E-state index contributed by atoms with van der Waals surface area (Å²) in [5, 5.41) is 2.87. The third-order valence-electron chi connectivity index (χ3n) is 7.98. The van der Waals surface area contributed by atoms with E-state index in [0.29, 0.717) is 39.0 Å². The minimum atomic E-state index is -2.94. The van der Waals surface area contributed by atoms with Crippen LogP contribution in [-0.2, 0) is 9.73 Å². The molecule has 200 valence electrons. The van der Waals surface area contributed by atoms with E-state index < -0.39 is 15.7 Å². The van der Waals surface area contributed by atoms with E-state index >= 15 is 0 Å². The second-order valence-corrected chi connectivity index (χ2v) is 13.0. The van der Waals surface area contributed by atoms with Crippen LogP contribution in [0.15, 0.2) is 29.2 Å². The van der Waals surface area contributed by atoms with Crippen LogP contribution in [-0.4, -0.2) is 57.9 Å². The molecule has 5 rings (SSSR count). The van der Waals surface area contributed by atoms with Gasteiger partial charge < -0.3 is 15.1 Å². The summed E-state index contributed by atoms with van der Waals surface area (Å²) >= 11 is 0. The first-order valence-electron chi connectivity index (χ1n) is 12.9. The summed E-state index contributed by atoms with van der Waals surface area (Å²) in [4.78, 5) is 26.7. The monoisotopic (exact) mass is 532 g/mol. The van der Waals surface area contributed by atoms with Gasteiger partial charge in [0, 0.05) is 61.4 Å². The van der Waals surface area contributed by atoms with Gasteiger partial charge in [0.05, 0.1) is 21.0 Å². The molecule has 1 amide bonds. The Balaban J connectivity index is 1.41. The van der Waals surface area contributed by atoms with Gasteiger partial charge in [0.2, 0.25) is 5.95 Å². The van der Waals surface area contributed by atoms with Gasteiger partial charge >= 0.3 is 0 Å².